The molecular weight excluding hydrogens is 118 g/mol. The topological polar surface area (TPSA) is 53.9 Å². The van der Waals surface area contributed by atoms with Gasteiger partial charge in [-0.15, -0.1) is 0 Å². The molecule has 3 nitrogen and oxygen atoms in total. The summed E-state index contributed by atoms with van der Waals surface area (Å²) in [5.74, 6) is 0.173. The van der Waals surface area contributed by atoms with Crippen LogP contribution in [-0.4, -0.2) is 29.6 Å². The minimum absolute atomic E-state index is 0.0278. The second-order valence-electron chi connectivity index (χ2n) is 2.58. The standard InChI is InChI=1S/C6H11NO2/c1-4(8)6-2-5(9)3-7-6/h5-7,9H,2-3H2,1H3/p+1. The second kappa shape index (κ2) is 2.45. The maximum absolute atomic E-state index is 10.6. The quantitative estimate of drug-likeness (QED) is 0.443. The maximum atomic E-state index is 10.6. The van der Waals surface area contributed by atoms with Crippen molar-refractivity contribution in [3.63, 3.8) is 0 Å². The fraction of sp³-hybridized carbons (Fsp3) is 0.833. The van der Waals surface area contributed by atoms with Crippen molar-refractivity contribution < 1.29 is 15.2 Å². The Morgan fingerprint density at radius 3 is 2.67 bits per heavy atom. The lowest BCUT2D eigenvalue weighted by Gasteiger charge is -1.97. The van der Waals surface area contributed by atoms with E-state index in [1.807, 2.05) is 5.32 Å². The number of carbonyl (C=O) groups excluding carboxylic acids is 1. The number of nitrogens with two attached hydrogens (primary N) is 1. The minimum Gasteiger partial charge on any atom is -0.387 e. The summed E-state index contributed by atoms with van der Waals surface area (Å²) in [4.78, 5) is 10.6. The fourth-order valence-corrected chi connectivity index (χ4v) is 1.14. The van der Waals surface area contributed by atoms with Gasteiger partial charge in [-0.05, 0) is 0 Å². The monoisotopic (exact) mass is 130 g/mol. The Kier molecular flexibility index (Phi) is 1.83. The molecule has 3 heteroatoms. The average molecular weight is 130 g/mol. The zero-order chi connectivity index (χ0) is 6.85. The highest BCUT2D eigenvalue weighted by molar-refractivity contribution is 5.80. The SMILES string of the molecule is CC(=O)C1CC(O)C[NH2+]1. The van der Waals surface area contributed by atoms with E-state index < -0.39 is 0 Å². The molecule has 0 aromatic heterocycles. The number of rotatable bonds is 1. The van der Waals surface area contributed by atoms with Crippen LogP contribution in [0.15, 0.2) is 0 Å². The molecule has 1 aliphatic rings. The van der Waals surface area contributed by atoms with E-state index in [9.17, 15) is 4.79 Å². The lowest BCUT2D eigenvalue weighted by molar-refractivity contribution is -0.659. The van der Waals surface area contributed by atoms with Crippen LogP contribution in [0.4, 0.5) is 0 Å². The highest BCUT2D eigenvalue weighted by atomic mass is 16.3. The van der Waals surface area contributed by atoms with Crippen molar-refractivity contribution >= 4 is 5.78 Å². The van der Waals surface area contributed by atoms with Gasteiger partial charge < -0.3 is 10.4 Å². The number of aliphatic hydroxyl groups is 1. The number of aliphatic hydroxyl groups excluding tert-OH is 1. The molecule has 0 aromatic rings. The molecule has 0 saturated carbocycles. The molecule has 9 heavy (non-hydrogen) atoms. The summed E-state index contributed by atoms with van der Waals surface area (Å²) in [7, 11) is 0. The van der Waals surface area contributed by atoms with Crippen LogP contribution >= 0.6 is 0 Å². The van der Waals surface area contributed by atoms with Crippen molar-refractivity contribution in [3.05, 3.63) is 0 Å². The van der Waals surface area contributed by atoms with Gasteiger partial charge >= 0.3 is 0 Å². The van der Waals surface area contributed by atoms with Gasteiger partial charge in [-0.1, -0.05) is 0 Å². The Bertz CT molecular complexity index is 124. The molecule has 2 unspecified atom stereocenters. The third-order valence-electron chi connectivity index (χ3n) is 1.74. The van der Waals surface area contributed by atoms with Crippen LogP contribution in [0.5, 0.6) is 0 Å². The summed E-state index contributed by atoms with van der Waals surface area (Å²) in [5.41, 5.74) is 0. The van der Waals surface area contributed by atoms with Gasteiger partial charge in [0, 0.05) is 13.3 Å². The van der Waals surface area contributed by atoms with Crippen LogP contribution in [0.1, 0.15) is 13.3 Å². The Labute approximate surface area is 54.1 Å². The van der Waals surface area contributed by atoms with Crippen molar-refractivity contribution in [1.82, 2.24) is 0 Å². The Balaban J connectivity index is 2.39. The first-order chi connectivity index (χ1) is 4.20. The van der Waals surface area contributed by atoms with Crippen molar-refractivity contribution in [1.29, 1.82) is 0 Å². The van der Waals surface area contributed by atoms with Crippen LogP contribution in [-0.2, 0) is 4.79 Å². The molecule has 0 aromatic carbocycles. The number of carbonyl (C=O) groups is 1. The first-order valence-corrected chi connectivity index (χ1v) is 3.22. The van der Waals surface area contributed by atoms with Crippen LogP contribution in [0.3, 0.4) is 0 Å². The summed E-state index contributed by atoms with van der Waals surface area (Å²) in [6.07, 6.45) is 0.369. The molecule has 3 N–H and O–H groups in total. The minimum atomic E-state index is -0.265. The molecule has 1 saturated heterocycles. The number of Topliss-reactive ketones (excluding diaryl/α,β-unsaturated/α-hetero) is 1. The molecule has 0 amide bonds. The zero-order valence-electron chi connectivity index (χ0n) is 5.50. The third kappa shape index (κ3) is 1.50. The molecule has 0 bridgehead atoms. The van der Waals surface area contributed by atoms with E-state index in [-0.39, 0.29) is 17.9 Å². The molecular formula is C6H12NO2+. The summed E-state index contributed by atoms with van der Waals surface area (Å²) in [5, 5.41) is 10.9. The van der Waals surface area contributed by atoms with Gasteiger partial charge in [0.1, 0.15) is 18.7 Å². The smallest absolute Gasteiger partial charge is 0.186 e. The van der Waals surface area contributed by atoms with E-state index in [0.29, 0.717) is 13.0 Å². The first-order valence-electron chi connectivity index (χ1n) is 3.22. The summed E-state index contributed by atoms with van der Waals surface area (Å²) >= 11 is 0. The van der Waals surface area contributed by atoms with Gasteiger partial charge in [0.15, 0.2) is 5.78 Å². The molecule has 0 spiro atoms. The first kappa shape index (κ1) is 6.71. The van der Waals surface area contributed by atoms with Crippen LogP contribution in [0.2, 0.25) is 0 Å². The van der Waals surface area contributed by atoms with Crippen LogP contribution in [0.25, 0.3) is 0 Å². The van der Waals surface area contributed by atoms with Gasteiger partial charge in [-0.2, -0.15) is 0 Å². The molecule has 0 radical (unpaired) electrons. The van der Waals surface area contributed by atoms with E-state index >= 15 is 0 Å². The van der Waals surface area contributed by atoms with Crippen LogP contribution in [0, 0.1) is 0 Å². The number of ketones is 1. The van der Waals surface area contributed by atoms with Crippen molar-refractivity contribution in [2.24, 2.45) is 0 Å². The highest BCUT2D eigenvalue weighted by Crippen LogP contribution is 1.98. The highest BCUT2D eigenvalue weighted by Gasteiger charge is 2.29. The fourth-order valence-electron chi connectivity index (χ4n) is 1.14. The van der Waals surface area contributed by atoms with Gasteiger partial charge in [0.2, 0.25) is 0 Å². The Hall–Kier alpha value is -0.410. The molecule has 1 aliphatic heterocycles. The van der Waals surface area contributed by atoms with Gasteiger partial charge in [-0.3, -0.25) is 4.79 Å². The van der Waals surface area contributed by atoms with Crippen LogP contribution < -0.4 is 5.32 Å². The van der Waals surface area contributed by atoms with E-state index in [1.165, 1.54) is 0 Å². The molecule has 1 fully saturated rings. The second-order valence-corrected chi connectivity index (χ2v) is 2.58. The summed E-state index contributed by atoms with van der Waals surface area (Å²) in [6, 6.07) is 0.0278. The molecule has 2 atom stereocenters. The normalized spacial score (nSPS) is 34.9. The van der Waals surface area contributed by atoms with Gasteiger partial charge in [0.05, 0.1) is 0 Å². The lowest BCUT2D eigenvalue weighted by atomic mass is 10.1. The summed E-state index contributed by atoms with van der Waals surface area (Å²) < 4.78 is 0. The van der Waals surface area contributed by atoms with Crippen molar-refractivity contribution in [2.45, 2.75) is 25.5 Å². The van der Waals surface area contributed by atoms with E-state index in [2.05, 4.69) is 0 Å². The number of quaternary nitrogens is 1. The molecule has 1 rings (SSSR count). The molecule has 0 aliphatic carbocycles. The number of hydrogen-bond acceptors (Lipinski definition) is 2. The third-order valence-corrected chi connectivity index (χ3v) is 1.74. The zero-order valence-corrected chi connectivity index (χ0v) is 5.50. The van der Waals surface area contributed by atoms with E-state index in [0.717, 1.165) is 0 Å². The largest absolute Gasteiger partial charge is 0.387 e. The maximum Gasteiger partial charge on any atom is 0.186 e. The number of hydrogen-bond donors (Lipinski definition) is 2. The van der Waals surface area contributed by atoms with Gasteiger partial charge in [0.25, 0.3) is 0 Å². The Morgan fingerprint density at radius 2 is 2.44 bits per heavy atom. The van der Waals surface area contributed by atoms with Crippen molar-refractivity contribution in [3.8, 4) is 0 Å². The van der Waals surface area contributed by atoms with E-state index in [1.54, 1.807) is 6.92 Å². The lowest BCUT2D eigenvalue weighted by Crippen LogP contribution is -2.88. The predicted octanol–water partition coefficient (Wildman–Crippen LogP) is -1.73. The average Bonchev–Trinajstić information content (AvgIpc) is 2.14. The summed E-state index contributed by atoms with van der Waals surface area (Å²) in [6.45, 7) is 2.25. The van der Waals surface area contributed by atoms with E-state index in [4.69, 9.17) is 5.11 Å². The predicted molar refractivity (Wildman–Crippen MR) is 31.9 cm³/mol. The van der Waals surface area contributed by atoms with Gasteiger partial charge in [-0.25, -0.2) is 0 Å². The Morgan fingerprint density at radius 1 is 1.78 bits per heavy atom. The molecule has 1 heterocycles. The molecule has 52 valence electrons. The van der Waals surface area contributed by atoms with Crippen molar-refractivity contribution in [2.75, 3.05) is 6.54 Å².